The number of amides is 2. The molecule has 0 saturated carbocycles. The van der Waals surface area contributed by atoms with Gasteiger partial charge in [-0.2, -0.15) is 4.31 Å². The van der Waals surface area contributed by atoms with Gasteiger partial charge in [-0.3, -0.25) is 9.59 Å². The first kappa shape index (κ1) is 27.5. The van der Waals surface area contributed by atoms with Gasteiger partial charge in [0.05, 0.1) is 11.4 Å². The van der Waals surface area contributed by atoms with Crippen LogP contribution in [0.5, 0.6) is 0 Å². The third kappa shape index (κ3) is 7.40. The Morgan fingerprint density at radius 1 is 0.941 bits per heavy atom. The van der Waals surface area contributed by atoms with Gasteiger partial charge in [-0.15, -0.1) is 0 Å². The smallest absolute Gasteiger partial charge is 0.243 e. The first-order chi connectivity index (χ1) is 15.9. The van der Waals surface area contributed by atoms with E-state index in [4.69, 9.17) is 0 Å². The number of aryl methyl sites for hydroxylation is 2. The van der Waals surface area contributed by atoms with E-state index in [1.165, 1.54) is 24.1 Å². The predicted molar refractivity (Wildman–Crippen MR) is 135 cm³/mol. The number of carbonyl (C=O) groups excluding carboxylic acids is 2. The van der Waals surface area contributed by atoms with Crippen LogP contribution in [0.4, 0.5) is 0 Å². The molecule has 0 heterocycles. The highest BCUT2D eigenvalue weighted by atomic mass is 32.2. The molecule has 0 aliphatic carbocycles. The molecule has 186 valence electrons. The summed E-state index contributed by atoms with van der Waals surface area (Å²) in [6.07, 6.45) is 0.413. The second-order valence-electron chi connectivity index (χ2n) is 9.14. The molecule has 0 aliphatic rings. The molecule has 0 radical (unpaired) electrons. The minimum atomic E-state index is -3.85. The van der Waals surface area contributed by atoms with Crippen molar-refractivity contribution in [3.8, 4) is 0 Å². The number of sulfonamides is 1. The Kier molecular flexibility index (Phi) is 9.82. The summed E-state index contributed by atoms with van der Waals surface area (Å²) >= 11 is 0. The van der Waals surface area contributed by atoms with Gasteiger partial charge < -0.3 is 10.2 Å². The molecule has 0 aliphatic heterocycles. The number of carbonyl (C=O) groups is 2. The van der Waals surface area contributed by atoms with Crippen LogP contribution < -0.4 is 5.32 Å². The standard InChI is InChI=1S/C26H37N3O4S/c1-7-24(26(31)27-16-19(2)3)29(17-22-12-8-20(4)9-13-22)25(30)18-28(6)34(32,33)23-14-10-21(5)11-15-23/h8-15,19,24H,7,16-18H2,1-6H3,(H,27,31)/t24-/m1/s1. The average molecular weight is 488 g/mol. The highest BCUT2D eigenvalue weighted by molar-refractivity contribution is 7.89. The molecular formula is C26H37N3O4S. The molecule has 2 aromatic rings. The Bertz CT molecular complexity index is 1060. The number of hydrogen-bond acceptors (Lipinski definition) is 4. The Hall–Kier alpha value is -2.71. The molecule has 0 spiro atoms. The first-order valence-electron chi connectivity index (χ1n) is 11.6. The van der Waals surface area contributed by atoms with Gasteiger partial charge >= 0.3 is 0 Å². The summed E-state index contributed by atoms with van der Waals surface area (Å²) in [5.74, 6) is -0.389. The van der Waals surface area contributed by atoms with Crippen LogP contribution in [-0.4, -0.2) is 55.6 Å². The van der Waals surface area contributed by atoms with Crippen molar-refractivity contribution in [2.24, 2.45) is 5.92 Å². The molecule has 0 saturated heterocycles. The lowest BCUT2D eigenvalue weighted by atomic mass is 10.1. The van der Waals surface area contributed by atoms with Crippen LogP contribution >= 0.6 is 0 Å². The van der Waals surface area contributed by atoms with E-state index in [1.54, 1.807) is 12.1 Å². The van der Waals surface area contributed by atoms with Crippen LogP contribution in [0.2, 0.25) is 0 Å². The zero-order chi connectivity index (χ0) is 25.5. The van der Waals surface area contributed by atoms with E-state index in [0.29, 0.717) is 13.0 Å². The van der Waals surface area contributed by atoms with Gasteiger partial charge in [0.1, 0.15) is 6.04 Å². The second-order valence-corrected chi connectivity index (χ2v) is 11.2. The number of nitrogens with one attached hydrogen (secondary N) is 1. The maximum Gasteiger partial charge on any atom is 0.243 e. The Morgan fingerprint density at radius 2 is 1.47 bits per heavy atom. The molecule has 0 unspecified atom stereocenters. The highest BCUT2D eigenvalue weighted by Crippen LogP contribution is 2.18. The second kappa shape index (κ2) is 12.1. The summed E-state index contributed by atoms with van der Waals surface area (Å²) in [5, 5.41) is 2.91. The Morgan fingerprint density at radius 3 is 1.97 bits per heavy atom. The third-order valence-corrected chi connectivity index (χ3v) is 7.45. The lowest BCUT2D eigenvalue weighted by Gasteiger charge is -2.32. The number of benzene rings is 2. The zero-order valence-electron chi connectivity index (χ0n) is 21.0. The van der Waals surface area contributed by atoms with Crippen molar-refractivity contribution in [3.05, 3.63) is 65.2 Å². The SMILES string of the molecule is CC[C@H](C(=O)NCC(C)C)N(Cc1ccc(C)cc1)C(=O)CN(C)S(=O)(=O)c1ccc(C)cc1. The number of hydrogen-bond donors (Lipinski definition) is 1. The van der Waals surface area contributed by atoms with E-state index in [0.717, 1.165) is 21.0 Å². The molecule has 1 N–H and O–H groups in total. The van der Waals surface area contributed by atoms with Gasteiger partial charge in [0.2, 0.25) is 21.8 Å². The van der Waals surface area contributed by atoms with Gasteiger partial charge in [-0.1, -0.05) is 68.3 Å². The number of nitrogens with zero attached hydrogens (tertiary/aromatic N) is 2. The summed E-state index contributed by atoms with van der Waals surface area (Å²) in [5.41, 5.74) is 2.91. The summed E-state index contributed by atoms with van der Waals surface area (Å²) < 4.78 is 27.1. The maximum absolute atomic E-state index is 13.4. The van der Waals surface area contributed by atoms with Gasteiger partial charge in [-0.05, 0) is 43.9 Å². The van der Waals surface area contributed by atoms with Gasteiger partial charge in [0.15, 0.2) is 0 Å². The average Bonchev–Trinajstić information content (AvgIpc) is 2.79. The van der Waals surface area contributed by atoms with Crippen molar-refractivity contribution in [1.29, 1.82) is 0 Å². The van der Waals surface area contributed by atoms with Crippen molar-refractivity contribution in [3.63, 3.8) is 0 Å². The van der Waals surface area contributed by atoms with E-state index in [9.17, 15) is 18.0 Å². The molecule has 0 bridgehead atoms. The van der Waals surface area contributed by atoms with Crippen LogP contribution in [0.1, 0.15) is 43.9 Å². The largest absolute Gasteiger partial charge is 0.354 e. The molecular weight excluding hydrogens is 450 g/mol. The minimum Gasteiger partial charge on any atom is -0.354 e. The molecule has 2 amide bonds. The Labute approximate surface area is 204 Å². The molecule has 0 fully saturated rings. The highest BCUT2D eigenvalue weighted by Gasteiger charge is 2.31. The molecule has 0 aromatic heterocycles. The summed E-state index contributed by atoms with van der Waals surface area (Å²) in [6, 6.07) is 13.5. The van der Waals surface area contributed by atoms with E-state index >= 15 is 0 Å². The van der Waals surface area contributed by atoms with Crippen LogP contribution in [0.15, 0.2) is 53.4 Å². The van der Waals surface area contributed by atoms with Crippen molar-refractivity contribution in [2.45, 2.75) is 58.5 Å². The van der Waals surface area contributed by atoms with Crippen LogP contribution in [-0.2, 0) is 26.2 Å². The monoisotopic (exact) mass is 487 g/mol. The maximum atomic E-state index is 13.4. The number of likely N-dealkylation sites (N-methyl/N-ethyl adjacent to an activating group) is 1. The fourth-order valence-electron chi connectivity index (χ4n) is 3.49. The first-order valence-corrected chi connectivity index (χ1v) is 13.1. The van der Waals surface area contributed by atoms with Crippen LogP contribution in [0.25, 0.3) is 0 Å². The minimum absolute atomic E-state index is 0.125. The van der Waals surface area contributed by atoms with Crippen molar-refractivity contribution in [1.82, 2.24) is 14.5 Å². The topological polar surface area (TPSA) is 86.8 Å². The van der Waals surface area contributed by atoms with E-state index < -0.39 is 22.0 Å². The van der Waals surface area contributed by atoms with Gasteiger partial charge in [-0.25, -0.2) is 8.42 Å². The lowest BCUT2D eigenvalue weighted by molar-refractivity contribution is -0.141. The van der Waals surface area contributed by atoms with Crippen molar-refractivity contribution in [2.75, 3.05) is 20.1 Å². The van der Waals surface area contributed by atoms with Gasteiger partial charge in [0.25, 0.3) is 0 Å². The quantitative estimate of drug-likeness (QED) is 0.526. The molecule has 34 heavy (non-hydrogen) atoms. The third-order valence-electron chi connectivity index (χ3n) is 5.63. The molecule has 1 atom stereocenters. The lowest BCUT2D eigenvalue weighted by Crippen LogP contribution is -2.52. The van der Waals surface area contributed by atoms with Gasteiger partial charge in [0, 0.05) is 20.1 Å². The summed E-state index contributed by atoms with van der Waals surface area (Å²) in [4.78, 5) is 28.0. The fourth-order valence-corrected chi connectivity index (χ4v) is 4.61. The Balaban J connectivity index is 2.30. The molecule has 2 aromatic carbocycles. The van der Waals surface area contributed by atoms with E-state index in [1.807, 2.05) is 58.9 Å². The van der Waals surface area contributed by atoms with Crippen molar-refractivity contribution >= 4 is 21.8 Å². The van der Waals surface area contributed by atoms with Crippen LogP contribution in [0.3, 0.4) is 0 Å². The number of rotatable bonds is 11. The van der Waals surface area contributed by atoms with Crippen molar-refractivity contribution < 1.29 is 18.0 Å². The summed E-state index contributed by atoms with van der Waals surface area (Å²) in [6.45, 7) is 10.1. The predicted octanol–water partition coefficient (Wildman–Crippen LogP) is 3.50. The molecule has 2 rings (SSSR count). The van der Waals surface area contributed by atoms with Crippen LogP contribution in [0, 0.1) is 19.8 Å². The zero-order valence-corrected chi connectivity index (χ0v) is 21.9. The fraction of sp³-hybridized carbons (Fsp3) is 0.462. The normalized spacial score (nSPS) is 12.6. The summed E-state index contributed by atoms with van der Waals surface area (Å²) in [7, 11) is -2.47. The molecule has 7 nitrogen and oxygen atoms in total. The van der Waals surface area contributed by atoms with E-state index in [2.05, 4.69) is 5.32 Å². The molecule has 8 heteroatoms. The van der Waals surface area contributed by atoms with E-state index in [-0.39, 0.29) is 29.8 Å².